The molecule has 0 unspecified atom stereocenters. The van der Waals surface area contributed by atoms with Gasteiger partial charge < -0.3 is 0 Å². The fourth-order valence-corrected chi connectivity index (χ4v) is 4.31. The van der Waals surface area contributed by atoms with Crippen molar-refractivity contribution in [2.45, 2.75) is 109 Å². The summed E-state index contributed by atoms with van der Waals surface area (Å²) in [7, 11) is 0. The van der Waals surface area contributed by atoms with Crippen LogP contribution in [0.5, 0.6) is 0 Å². The summed E-state index contributed by atoms with van der Waals surface area (Å²) in [4.78, 5) is 2.95. The molecule has 0 aliphatic carbocycles. The van der Waals surface area contributed by atoms with E-state index in [2.05, 4.69) is 18.7 Å². The molecule has 0 amide bonds. The predicted octanol–water partition coefficient (Wildman–Crippen LogP) is 5.14. The molecule has 2 fully saturated rings. The van der Waals surface area contributed by atoms with E-state index in [1.54, 1.807) is 0 Å². The van der Waals surface area contributed by atoms with Crippen LogP contribution in [0.1, 0.15) is 90.9 Å². The van der Waals surface area contributed by atoms with Crippen molar-refractivity contribution in [2.75, 3.05) is 0 Å². The Balaban J connectivity index is 1.71. The number of fused-ring (bicyclic) bond motifs is 1. The van der Waals surface area contributed by atoms with E-state index in [1.165, 1.54) is 77.0 Å². The highest BCUT2D eigenvalue weighted by Gasteiger charge is 2.41. The van der Waals surface area contributed by atoms with E-state index in [1.807, 2.05) is 0 Å². The van der Waals surface area contributed by atoms with Gasteiger partial charge in [-0.1, -0.05) is 52.4 Å². The molecule has 18 heavy (non-hydrogen) atoms. The van der Waals surface area contributed by atoms with Gasteiger partial charge in [-0.25, -0.2) is 0 Å². The SMILES string of the molecule is CCCCCCC[C@H]1CC[C@H]2CC[C@H](CCC)N21. The Morgan fingerprint density at radius 2 is 1.39 bits per heavy atom. The summed E-state index contributed by atoms with van der Waals surface area (Å²) < 4.78 is 0. The van der Waals surface area contributed by atoms with Crippen LogP contribution >= 0.6 is 0 Å². The van der Waals surface area contributed by atoms with E-state index in [0.717, 1.165) is 18.1 Å². The van der Waals surface area contributed by atoms with Crippen LogP contribution in [-0.4, -0.2) is 23.0 Å². The Labute approximate surface area is 114 Å². The number of hydrogen-bond acceptors (Lipinski definition) is 1. The summed E-state index contributed by atoms with van der Waals surface area (Å²) >= 11 is 0. The molecule has 1 nitrogen and oxygen atoms in total. The Morgan fingerprint density at radius 1 is 0.722 bits per heavy atom. The lowest BCUT2D eigenvalue weighted by Crippen LogP contribution is -2.38. The third kappa shape index (κ3) is 3.50. The van der Waals surface area contributed by atoms with Crippen molar-refractivity contribution in [3.63, 3.8) is 0 Å². The molecule has 2 aliphatic heterocycles. The summed E-state index contributed by atoms with van der Waals surface area (Å²) in [5, 5.41) is 0. The zero-order chi connectivity index (χ0) is 12.8. The van der Waals surface area contributed by atoms with Gasteiger partial charge in [0.2, 0.25) is 0 Å². The molecule has 2 rings (SSSR count). The molecule has 0 N–H and O–H groups in total. The number of nitrogens with zero attached hydrogens (tertiary/aromatic N) is 1. The molecule has 3 atom stereocenters. The smallest absolute Gasteiger partial charge is 0.0102 e. The third-order valence-corrected chi connectivity index (χ3v) is 5.19. The highest BCUT2D eigenvalue weighted by molar-refractivity contribution is 4.96. The molecule has 0 bridgehead atoms. The Kier molecular flexibility index (Phi) is 6.01. The molecule has 0 aromatic carbocycles. The van der Waals surface area contributed by atoms with Crippen LogP contribution in [0.2, 0.25) is 0 Å². The van der Waals surface area contributed by atoms with Gasteiger partial charge in [0.05, 0.1) is 0 Å². The van der Waals surface area contributed by atoms with Crippen LogP contribution in [0.3, 0.4) is 0 Å². The van der Waals surface area contributed by atoms with E-state index >= 15 is 0 Å². The molecular formula is C17H33N. The normalized spacial score (nSPS) is 32.0. The van der Waals surface area contributed by atoms with Crippen molar-refractivity contribution in [1.82, 2.24) is 4.90 Å². The lowest BCUT2D eigenvalue weighted by molar-refractivity contribution is 0.163. The quantitative estimate of drug-likeness (QED) is 0.540. The maximum atomic E-state index is 2.95. The molecule has 0 spiro atoms. The van der Waals surface area contributed by atoms with E-state index in [-0.39, 0.29) is 0 Å². The average Bonchev–Trinajstić information content (AvgIpc) is 2.94. The molecule has 0 radical (unpaired) electrons. The van der Waals surface area contributed by atoms with Crippen LogP contribution in [0.4, 0.5) is 0 Å². The van der Waals surface area contributed by atoms with E-state index in [0.29, 0.717) is 0 Å². The fraction of sp³-hybridized carbons (Fsp3) is 1.00. The van der Waals surface area contributed by atoms with Crippen molar-refractivity contribution in [3.8, 4) is 0 Å². The zero-order valence-corrected chi connectivity index (χ0v) is 12.7. The molecular weight excluding hydrogens is 218 g/mol. The highest BCUT2D eigenvalue weighted by Crippen LogP contribution is 2.39. The molecule has 0 aromatic heterocycles. The highest BCUT2D eigenvalue weighted by atomic mass is 15.3. The van der Waals surface area contributed by atoms with Crippen molar-refractivity contribution >= 4 is 0 Å². The lowest BCUT2D eigenvalue weighted by Gasteiger charge is -2.30. The number of rotatable bonds is 8. The zero-order valence-electron chi connectivity index (χ0n) is 12.7. The first kappa shape index (κ1) is 14.4. The molecule has 2 saturated heterocycles. The molecule has 106 valence electrons. The van der Waals surface area contributed by atoms with Gasteiger partial charge in [0, 0.05) is 18.1 Å². The average molecular weight is 251 g/mol. The van der Waals surface area contributed by atoms with Gasteiger partial charge >= 0.3 is 0 Å². The van der Waals surface area contributed by atoms with E-state index in [9.17, 15) is 0 Å². The summed E-state index contributed by atoms with van der Waals surface area (Å²) in [6, 6.07) is 2.88. The molecule has 1 heteroatoms. The number of unbranched alkanes of at least 4 members (excludes halogenated alkanes) is 4. The molecule has 2 heterocycles. The van der Waals surface area contributed by atoms with Gasteiger partial charge in [0.15, 0.2) is 0 Å². The summed E-state index contributed by atoms with van der Waals surface area (Å²) in [6.45, 7) is 4.66. The number of hydrogen-bond donors (Lipinski definition) is 0. The van der Waals surface area contributed by atoms with Gasteiger partial charge in [-0.05, 0) is 38.5 Å². The second-order valence-corrected chi connectivity index (χ2v) is 6.55. The standard InChI is InChI=1S/C17H33N/c1-3-5-6-7-8-10-16-12-14-17-13-11-15(9-4-2)18(16)17/h15-17H,3-14H2,1-2H3/t15-,16-,17+/m0/s1. The second-order valence-electron chi connectivity index (χ2n) is 6.55. The van der Waals surface area contributed by atoms with Crippen LogP contribution in [0.15, 0.2) is 0 Å². The van der Waals surface area contributed by atoms with Crippen molar-refractivity contribution in [3.05, 3.63) is 0 Å². The van der Waals surface area contributed by atoms with E-state index in [4.69, 9.17) is 0 Å². The summed E-state index contributed by atoms with van der Waals surface area (Å²) in [5.74, 6) is 0. The van der Waals surface area contributed by atoms with Gasteiger partial charge in [0.1, 0.15) is 0 Å². The maximum absolute atomic E-state index is 2.95. The minimum atomic E-state index is 0.947. The van der Waals surface area contributed by atoms with Gasteiger partial charge in [-0.3, -0.25) is 4.90 Å². The Bertz CT molecular complexity index is 224. The summed E-state index contributed by atoms with van der Waals surface area (Å²) in [6.07, 6.45) is 17.5. The van der Waals surface area contributed by atoms with Gasteiger partial charge in [0.25, 0.3) is 0 Å². The predicted molar refractivity (Wildman–Crippen MR) is 80.0 cm³/mol. The first-order valence-electron chi connectivity index (χ1n) is 8.64. The summed E-state index contributed by atoms with van der Waals surface area (Å²) in [5.41, 5.74) is 0. The lowest BCUT2D eigenvalue weighted by atomic mass is 10.0. The minimum Gasteiger partial charge on any atom is -0.294 e. The van der Waals surface area contributed by atoms with Crippen LogP contribution in [0, 0.1) is 0 Å². The van der Waals surface area contributed by atoms with Crippen LogP contribution < -0.4 is 0 Å². The fourth-order valence-electron chi connectivity index (χ4n) is 4.31. The third-order valence-electron chi connectivity index (χ3n) is 5.19. The molecule has 0 saturated carbocycles. The van der Waals surface area contributed by atoms with Crippen molar-refractivity contribution in [1.29, 1.82) is 0 Å². The first-order chi connectivity index (χ1) is 8.86. The van der Waals surface area contributed by atoms with E-state index < -0.39 is 0 Å². The molecule has 2 aliphatic rings. The molecule has 0 aromatic rings. The van der Waals surface area contributed by atoms with Crippen LogP contribution in [0.25, 0.3) is 0 Å². The van der Waals surface area contributed by atoms with Crippen LogP contribution in [-0.2, 0) is 0 Å². The Morgan fingerprint density at radius 3 is 2.06 bits per heavy atom. The maximum Gasteiger partial charge on any atom is 0.0102 e. The minimum absolute atomic E-state index is 0.947. The topological polar surface area (TPSA) is 3.24 Å². The largest absolute Gasteiger partial charge is 0.294 e. The van der Waals surface area contributed by atoms with Gasteiger partial charge in [-0.15, -0.1) is 0 Å². The Hall–Kier alpha value is -0.0400. The first-order valence-corrected chi connectivity index (χ1v) is 8.64. The van der Waals surface area contributed by atoms with Crippen molar-refractivity contribution < 1.29 is 0 Å². The van der Waals surface area contributed by atoms with Crippen molar-refractivity contribution in [2.24, 2.45) is 0 Å². The monoisotopic (exact) mass is 251 g/mol. The van der Waals surface area contributed by atoms with Gasteiger partial charge in [-0.2, -0.15) is 0 Å². The second kappa shape index (κ2) is 7.53.